The van der Waals surface area contributed by atoms with Crippen LogP contribution in [0.1, 0.15) is 158 Å². The molecule has 0 heterocycles. The van der Waals surface area contributed by atoms with Gasteiger partial charge in [0.1, 0.15) is 0 Å². The van der Waals surface area contributed by atoms with Crippen LogP contribution in [0.25, 0.3) is 0 Å². The van der Waals surface area contributed by atoms with Crippen molar-refractivity contribution >= 4 is 0 Å². The average Bonchev–Trinajstić information content (AvgIpc) is 2.99. The molecule has 0 N–H and O–H groups in total. The van der Waals surface area contributed by atoms with E-state index in [-0.39, 0.29) is 5.41 Å². The largest absolute Gasteiger partial charge is 0.380 e. The standard InChI is InChI=1S/C37H76O4/c1-9-17-21-33(13-5)25-38-29-37(30-39-26-34(14-6)22-18-10-2,31-40-27-35(15-7)23-19-11-3)32-41-28-36(16-8)24-20-12-4/h33-36H,9-32H2,1-8H3. The first kappa shape index (κ1) is 40.8. The van der Waals surface area contributed by atoms with Gasteiger partial charge < -0.3 is 18.9 Å². The van der Waals surface area contributed by atoms with E-state index in [9.17, 15) is 0 Å². The van der Waals surface area contributed by atoms with Crippen molar-refractivity contribution in [2.45, 2.75) is 158 Å². The van der Waals surface area contributed by atoms with Gasteiger partial charge in [0.15, 0.2) is 0 Å². The fourth-order valence-corrected chi connectivity index (χ4v) is 5.61. The van der Waals surface area contributed by atoms with Gasteiger partial charge >= 0.3 is 0 Å². The van der Waals surface area contributed by atoms with E-state index in [0.717, 1.165) is 26.4 Å². The van der Waals surface area contributed by atoms with Gasteiger partial charge in [-0.3, -0.25) is 0 Å². The molecule has 0 aromatic rings. The number of unbranched alkanes of at least 4 members (excludes halogenated alkanes) is 4. The molecule has 0 rings (SSSR count). The first-order chi connectivity index (χ1) is 20.0. The third-order valence-electron chi connectivity index (χ3n) is 9.22. The van der Waals surface area contributed by atoms with E-state index in [2.05, 4.69) is 55.4 Å². The maximum atomic E-state index is 6.56. The summed E-state index contributed by atoms with van der Waals surface area (Å²) < 4.78 is 26.2. The summed E-state index contributed by atoms with van der Waals surface area (Å²) in [6.45, 7) is 24.2. The van der Waals surface area contributed by atoms with Gasteiger partial charge in [-0.15, -0.1) is 0 Å². The fraction of sp³-hybridized carbons (Fsp3) is 1.00. The van der Waals surface area contributed by atoms with Gasteiger partial charge in [-0.25, -0.2) is 0 Å². The van der Waals surface area contributed by atoms with Crippen LogP contribution in [0.3, 0.4) is 0 Å². The lowest BCUT2D eigenvalue weighted by molar-refractivity contribution is -0.120. The maximum absolute atomic E-state index is 6.56. The van der Waals surface area contributed by atoms with Crippen LogP contribution >= 0.6 is 0 Å². The molecule has 4 nitrogen and oxygen atoms in total. The Kier molecular flexibility index (Phi) is 28.5. The van der Waals surface area contributed by atoms with E-state index >= 15 is 0 Å². The topological polar surface area (TPSA) is 36.9 Å². The summed E-state index contributed by atoms with van der Waals surface area (Å²) in [7, 11) is 0. The maximum Gasteiger partial charge on any atom is 0.0637 e. The third-order valence-corrected chi connectivity index (χ3v) is 9.22. The number of rotatable bonds is 32. The Morgan fingerprint density at radius 1 is 0.366 bits per heavy atom. The van der Waals surface area contributed by atoms with Gasteiger partial charge in [0.2, 0.25) is 0 Å². The van der Waals surface area contributed by atoms with E-state index in [1.54, 1.807) is 0 Å². The van der Waals surface area contributed by atoms with Crippen molar-refractivity contribution < 1.29 is 18.9 Å². The first-order valence-electron chi connectivity index (χ1n) is 18.3. The van der Waals surface area contributed by atoms with Crippen LogP contribution in [-0.4, -0.2) is 52.9 Å². The summed E-state index contributed by atoms with van der Waals surface area (Å²) in [6.07, 6.45) is 19.9. The summed E-state index contributed by atoms with van der Waals surface area (Å²) in [4.78, 5) is 0. The summed E-state index contributed by atoms with van der Waals surface area (Å²) in [5.74, 6) is 2.52. The van der Waals surface area contributed by atoms with Crippen molar-refractivity contribution in [3.8, 4) is 0 Å². The molecule has 0 radical (unpaired) electrons. The Morgan fingerprint density at radius 3 is 0.756 bits per heavy atom. The molecular weight excluding hydrogens is 508 g/mol. The van der Waals surface area contributed by atoms with E-state index in [1.807, 2.05) is 0 Å². The molecule has 0 aromatic carbocycles. The molecule has 0 aliphatic carbocycles. The molecule has 0 fully saturated rings. The Bertz CT molecular complexity index is 432. The van der Waals surface area contributed by atoms with E-state index in [4.69, 9.17) is 18.9 Å². The van der Waals surface area contributed by atoms with Crippen molar-refractivity contribution in [3.05, 3.63) is 0 Å². The predicted molar refractivity (Wildman–Crippen MR) is 179 cm³/mol. The fourth-order valence-electron chi connectivity index (χ4n) is 5.61. The molecule has 0 saturated carbocycles. The first-order valence-corrected chi connectivity index (χ1v) is 18.3. The van der Waals surface area contributed by atoms with Crippen LogP contribution in [0.4, 0.5) is 0 Å². The average molecular weight is 585 g/mol. The molecule has 4 atom stereocenters. The lowest BCUT2D eigenvalue weighted by atomic mass is 9.91. The molecule has 0 saturated heterocycles. The summed E-state index contributed by atoms with van der Waals surface area (Å²) in [6, 6.07) is 0. The van der Waals surface area contributed by atoms with E-state index in [1.165, 1.54) is 103 Å². The third kappa shape index (κ3) is 21.2. The molecule has 0 aliphatic heterocycles. The van der Waals surface area contributed by atoms with E-state index in [0.29, 0.717) is 50.1 Å². The highest BCUT2D eigenvalue weighted by Gasteiger charge is 2.34. The quantitative estimate of drug-likeness (QED) is 0.0788. The zero-order valence-electron chi connectivity index (χ0n) is 29.4. The van der Waals surface area contributed by atoms with Gasteiger partial charge in [-0.05, 0) is 49.4 Å². The van der Waals surface area contributed by atoms with Gasteiger partial charge in [-0.1, -0.05) is 132 Å². The predicted octanol–water partition coefficient (Wildman–Crippen LogP) is 10.9. The van der Waals surface area contributed by atoms with Crippen molar-refractivity contribution in [1.29, 1.82) is 0 Å². The normalized spacial score (nSPS) is 16.4. The highest BCUT2D eigenvalue weighted by Crippen LogP contribution is 2.26. The van der Waals surface area contributed by atoms with Crippen molar-refractivity contribution in [3.63, 3.8) is 0 Å². The lowest BCUT2D eigenvalue weighted by Crippen LogP contribution is -2.43. The second-order valence-electron chi connectivity index (χ2n) is 13.2. The van der Waals surface area contributed by atoms with Crippen molar-refractivity contribution in [2.75, 3.05) is 52.9 Å². The number of ether oxygens (including phenoxy) is 4. The summed E-state index contributed by atoms with van der Waals surface area (Å²) >= 11 is 0. The lowest BCUT2D eigenvalue weighted by Gasteiger charge is -2.35. The molecular formula is C37H76O4. The smallest absolute Gasteiger partial charge is 0.0637 e. The minimum absolute atomic E-state index is 0.266. The molecule has 4 heteroatoms. The molecule has 0 aliphatic rings. The molecule has 4 unspecified atom stereocenters. The molecule has 0 aromatic heterocycles. The van der Waals surface area contributed by atoms with Crippen molar-refractivity contribution in [2.24, 2.45) is 29.1 Å². The molecule has 248 valence electrons. The van der Waals surface area contributed by atoms with Crippen LogP contribution < -0.4 is 0 Å². The number of hydrogen-bond donors (Lipinski definition) is 0. The Morgan fingerprint density at radius 2 is 0.585 bits per heavy atom. The SMILES string of the molecule is CCCCC(CC)COCC(COCC(CC)CCCC)(COCC(CC)CCCC)COCC(CC)CCCC. The van der Waals surface area contributed by atoms with Crippen LogP contribution in [0.2, 0.25) is 0 Å². The van der Waals surface area contributed by atoms with Crippen LogP contribution in [0.15, 0.2) is 0 Å². The van der Waals surface area contributed by atoms with Gasteiger partial charge in [-0.2, -0.15) is 0 Å². The molecule has 0 amide bonds. The monoisotopic (exact) mass is 585 g/mol. The Balaban J connectivity index is 5.62. The van der Waals surface area contributed by atoms with Gasteiger partial charge in [0.05, 0.1) is 31.8 Å². The Hall–Kier alpha value is -0.160. The van der Waals surface area contributed by atoms with Crippen LogP contribution in [0, 0.1) is 29.1 Å². The summed E-state index contributed by atoms with van der Waals surface area (Å²) in [5, 5.41) is 0. The highest BCUT2D eigenvalue weighted by atomic mass is 16.5. The van der Waals surface area contributed by atoms with Crippen LogP contribution in [0.5, 0.6) is 0 Å². The van der Waals surface area contributed by atoms with Crippen LogP contribution in [-0.2, 0) is 18.9 Å². The van der Waals surface area contributed by atoms with Crippen molar-refractivity contribution in [1.82, 2.24) is 0 Å². The van der Waals surface area contributed by atoms with Gasteiger partial charge in [0.25, 0.3) is 0 Å². The zero-order chi connectivity index (χ0) is 30.6. The molecule has 41 heavy (non-hydrogen) atoms. The van der Waals surface area contributed by atoms with Gasteiger partial charge in [0, 0.05) is 26.4 Å². The molecule has 0 spiro atoms. The Labute approximate surface area is 258 Å². The number of hydrogen-bond acceptors (Lipinski definition) is 4. The zero-order valence-corrected chi connectivity index (χ0v) is 29.4. The second-order valence-corrected chi connectivity index (χ2v) is 13.2. The highest BCUT2D eigenvalue weighted by molar-refractivity contribution is 4.81. The molecule has 0 bridgehead atoms. The minimum Gasteiger partial charge on any atom is -0.380 e. The minimum atomic E-state index is -0.266. The summed E-state index contributed by atoms with van der Waals surface area (Å²) in [5.41, 5.74) is -0.266. The second kappa shape index (κ2) is 28.6. The van der Waals surface area contributed by atoms with E-state index < -0.39 is 0 Å².